The van der Waals surface area contributed by atoms with E-state index in [1.54, 1.807) is 13.8 Å². The second-order valence-electron chi connectivity index (χ2n) is 1.73. The molecule has 12 heavy (non-hydrogen) atoms. The molecule has 0 aliphatic rings. The molecule has 0 rings (SSSR count). The van der Waals surface area contributed by atoms with E-state index in [1.165, 1.54) is 0 Å². The Bertz CT molecular complexity index is 129. The highest BCUT2D eigenvalue weighted by molar-refractivity contribution is 7.40. The summed E-state index contributed by atoms with van der Waals surface area (Å²) in [6.07, 6.45) is 0. The first-order valence-corrected chi connectivity index (χ1v) is 4.74. The lowest BCUT2D eigenvalue weighted by Gasteiger charge is -2.07. The third-order valence-electron chi connectivity index (χ3n) is 0.838. The molecule has 0 heterocycles. The van der Waals surface area contributed by atoms with Crippen molar-refractivity contribution in [3.8, 4) is 0 Å². The highest BCUT2D eigenvalue weighted by Gasteiger charge is 2.09. The number of hydrogen-bond donors (Lipinski definition) is 1. The van der Waals surface area contributed by atoms with Gasteiger partial charge in [0, 0.05) is 0 Å². The highest BCUT2D eigenvalue weighted by atomic mass is 31.2. The van der Waals surface area contributed by atoms with Crippen LogP contribution in [0.15, 0.2) is 0 Å². The summed E-state index contributed by atoms with van der Waals surface area (Å²) in [7, 11) is -1.92. The Hall–Kier alpha value is -0.220. The largest absolute Gasteiger partial charge is 0.464 e. The predicted molar refractivity (Wildman–Crippen MR) is 43.3 cm³/mol. The molecule has 1 unspecified atom stereocenters. The maximum absolute atomic E-state index is 10.6. The molecular weight excluding hydrogens is 183 g/mol. The topological polar surface area (TPSA) is 65.0 Å². The molecule has 1 atom stereocenters. The summed E-state index contributed by atoms with van der Waals surface area (Å²) in [5.41, 5.74) is 0. The summed E-state index contributed by atoms with van der Waals surface area (Å²) in [5.74, 6) is -0.501. The van der Waals surface area contributed by atoms with Crippen LogP contribution in [0.5, 0.6) is 0 Å². The van der Waals surface area contributed by atoms with E-state index in [-0.39, 0.29) is 6.61 Å². The van der Waals surface area contributed by atoms with Crippen molar-refractivity contribution in [2.24, 2.45) is 0 Å². The fourth-order valence-electron chi connectivity index (χ4n) is 0.458. The molecule has 0 aromatic carbocycles. The van der Waals surface area contributed by atoms with Gasteiger partial charge in [-0.1, -0.05) is 0 Å². The first-order valence-electron chi connectivity index (χ1n) is 3.61. The highest BCUT2D eigenvalue weighted by Crippen LogP contribution is 2.31. The lowest BCUT2D eigenvalue weighted by atomic mass is 10.7. The summed E-state index contributed by atoms with van der Waals surface area (Å²) in [4.78, 5) is 19.5. The summed E-state index contributed by atoms with van der Waals surface area (Å²) in [6, 6.07) is 0. The van der Waals surface area contributed by atoms with Crippen LogP contribution in [-0.4, -0.2) is 30.7 Å². The van der Waals surface area contributed by atoms with Gasteiger partial charge in [-0.3, -0.25) is 0 Å². The average Bonchev–Trinajstić information content (AvgIpc) is 2.02. The van der Waals surface area contributed by atoms with E-state index in [1.807, 2.05) is 0 Å². The Morgan fingerprint density at radius 3 is 2.50 bits per heavy atom. The van der Waals surface area contributed by atoms with Crippen LogP contribution in [0.1, 0.15) is 13.8 Å². The Morgan fingerprint density at radius 1 is 1.33 bits per heavy atom. The summed E-state index contributed by atoms with van der Waals surface area (Å²) >= 11 is 0. The van der Waals surface area contributed by atoms with E-state index in [0.29, 0.717) is 13.2 Å². The fourth-order valence-corrected chi connectivity index (χ4v) is 0.970. The minimum absolute atomic E-state index is 0.268. The van der Waals surface area contributed by atoms with E-state index in [9.17, 15) is 4.79 Å². The maximum atomic E-state index is 10.6. The Balaban J connectivity index is 3.33. The maximum Gasteiger partial charge on any atom is 0.332 e. The number of carbonyl (C=O) groups is 1. The quantitative estimate of drug-likeness (QED) is 0.503. The molecule has 1 N–H and O–H groups in total. The van der Waals surface area contributed by atoms with Crippen LogP contribution in [0.3, 0.4) is 0 Å². The van der Waals surface area contributed by atoms with Gasteiger partial charge in [-0.15, -0.1) is 0 Å². The molecule has 72 valence electrons. The van der Waals surface area contributed by atoms with Crippen LogP contribution in [0.2, 0.25) is 0 Å². The van der Waals surface area contributed by atoms with Crippen LogP contribution in [0.25, 0.3) is 0 Å². The normalized spacial score (nSPS) is 12.6. The first kappa shape index (κ1) is 11.8. The van der Waals surface area contributed by atoms with Crippen LogP contribution in [0.4, 0.5) is 0 Å². The van der Waals surface area contributed by atoms with Gasteiger partial charge in [0.05, 0.1) is 13.2 Å². The SMILES string of the molecule is CCOC(=O)COP(O)OCC. The van der Waals surface area contributed by atoms with Crippen molar-refractivity contribution in [3.05, 3.63) is 0 Å². The lowest BCUT2D eigenvalue weighted by Crippen LogP contribution is -2.10. The van der Waals surface area contributed by atoms with Gasteiger partial charge in [0.2, 0.25) is 0 Å². The number of rotatable bonds is 6. The molecule has 0 aromatic rings. The Kier molecular flexibility index (Phi) is 7.29. The number of esters is 1. The van der Waals surface area contributed by atoms with Crippen molar-refractivity contribution in [2.45, 2.75) is 13.8 Å². The number of carbonyl (C=O) groups excluding carboxylic acids is 1. The second-order valence-corrected chi connectivity index (χ2v) is 2.73. The van der Waals surface area contributed by atoms with E-state index >= 15 is 0 Å². The molecule has 0 amide bonds. The zero-order valence-electron chi connectivity index (χ0n) is 7.15. The molecule has 0 bridgehead atoms. The molecular formula is C6H13O5P. The monoisotopic (exact) mass is 196 g/mol. The molecule has 0 aliphatic heterocycles. The molecule has 0 fully saturated rings. The van der Waals surface area contributed by atoms with E-state index in [2.05, 4.69) is 13.8 Å². The van der Waals surface area contributed by atoms with Crippen LogP contribution < -0.4 is 0 Å². The van der Waals surface area contributed by atoms with Gasteiger partial charge in [-0.25, -0.2) is 4.79 Å². The minimum Gasteiger partial charge on any atom is -0.464 e. The third kappa shape index (κ3) is 6.49. The predicted octanol–water partition coefficient (Wildman–Crippen LogP) is 0.822. The molecule has 6 heteroatoms. The van der Waals surface area contributed by atoms with Crippen molar-refractivity contribution in [3.63, 3.8) is 0 Å². The van der Waals surface area contributed by atoms with Gasteiger partial charge in [0.25, 0.3) is 0 Å². The van der Waals surface area contributed by atoms with Crippen molar-refractivity contribution >= 4 is 14.6 Å². The van der Waals surface area contributed by atoms with Crippen LogP contribution in [-0.2, 0) is 18.6 Å². The molecule has 0 saturated carbocycles. The van der Waals surface area contributed by atoms with Gasteiger partial charge in [0.1, 0.15) is 0 Å². The van der Waals surface area contributed by atoms with Crippen molar-refractivity contribution in [1.29, 1.82) is 0 Å². The molecule has 5 nitrogen and oxygen atoms in total. The summed E-state index contributed by atoms with van der Waals surface area (Å²) in [5, 5.41) is 0. The smallest absolute Gasteiger partial charge is 0.332 e. The fraction of sp³-hybridized carbons (Fsp3) is 0.833. The summed E-state index contributed by atoms with van der Waals surface area (Å²) in [6.45, 7) is 3.81. The molecule has 0 saturated heterocycles. The standard InChI is InChI=1S/C6H13O5P/c1-3-9-6(7)5-11-12(8)10-4-2/h8H,3-5H2,1-2H3. The third-order valence-corrected chi connectivity index (χ3v) is 1.67. The van der Waals surface area contributed by atoms with Crippen molar-refractivity contribution < 1.29 is 23.5 Å². The summed E-state index contributed by atoms with van der Waals surface area (Å²) < 4.78 is 13.8. The number of hydrogen-bond acceptors (Lipinski definition) is 5. The zero-order valence-corrected chi connectivity index (χ0v) is 8.04. The van der Waals surface area contributed by atoms with Crippen LogP contribution in [0, 0.1) is 0 Å². The van der Waals surface area contributed by atoms with Crippen LogP contribution >= 0.6 is 8.60 Å². The van der Waals surface area contributed by atoms with Gasteiger partial charge >= 0.3 is 14.6 Å². The van der Waals surface area contributed by atoms with Gasteiger partial charge in [-0.05, 0) is 13.8 Å². The lowest BCUT2D eigenvalue weighted by molar-refractivity contribution is -0.145. The zero-order chi connectivity index (χ0) is 9.40. The van der Waals surface area contributed by atoms with Crippen molar-refractivity contribution in [2.75, 3.05) is 19.8 Å². The average molecular weight is 196 g/mol. The Morgan fingerprint density at radius 2 is 2.00 bits per heavy atom. The van der Waals surface area contributed by atoms with Gasteiger partial charge in [0.15, 0.2) is 6.61 Å². The van der Waals surface area contributed by atoms with E-state index in [4.69, 9.17) is 4.89 Å². The minimum atomic E-state index is -1.92. The Labute approximate surface area is 72.6 Å². The number of ether oxygens (including phenoxy) is 1. The molecule has 0 radical (unpaired) electrons. The van der Waals surface area contributed by atoms with Gasteiger partial charge < -0.3 is 18.7 Å². The van der Waals surface area contributed by atoms with E-state index in [0.717, 1.165) is 0 Å². The molecule has 0 aromatic heterocycles. The van der Waals surface area contributed by atoms with Gasteiger partial charge in [-0.2, -0.15) is 0 Å². The van der Waals surface area contributed by atoms with E-state index < -0.39 is 14.6 Å². The molecule has 0 spiro atoms. The molecule has 0 aliphatic carbocycles. The van der Waals surface area contributed by atoms with Crippen molar-refractivity contribution in [1.82, 2.24) is 0 Å². The first-order chi connectivity index (χ1) is 5.70. The second kappa shape index (κ2) is 7.43.